The van der Waals surface area contributed by atoms with Crippen LogP contribution in [-0.4, -0.2) is 44.4 Å². The highest BCUT2D eigenvalue weighted by Crippen LogP contribution is 2.29. The fourth-order valence-corrected chi connectivity index (χ4v) is 2.12. The summed E-state index contributed by atoms with van der Waals surface area (Å²) < 4.78 is 16.6. The van der Waals surface area contributed by atoms with E-state index in [0.29, 0.717) is 31.0 Å². The maximum atomic E-state index is 11.8. The van der Waals surface area contributed by atoms with Gasteiger partial charge in [0.2, 0.25) is 0 Å². The van der Waals surface area contributed by atoms with E-state index in [1.807, 2.05) is 0 Å². The second-order valence-electron chi connectivity index (χ2n) is 6.22. The molecule has 0 aliphatic heterocycles. The van der Waals surface area contributed by atoms with Gasteiger partial charge in [-0.2, -0.15) is 0 Å². The van der Waals surface area contributed by atoms with Gasteiger partial charge < -0.3 is 24.8 Å². The molecule has 0 aliphatic carbocycles. The van der Waals surface area contributed by atoms with Crippen molar-refractivity contribution in [2.75, 3.05) is 26.8 Å². The summed E-state index contributed by atoms with van der Waals surface area (Å²) >= 11 is 3.34. The Hall–Kier alpha value is -1.96. The van der Waals surface area contributed by atoms with E-state index in [1.165, 1.54) is 7.11 Å². The maximum Gasteiger partial charge on any atom is 0.407 e. The zero-order valence-corrected chi connectivity index (χ0v) is 16.6. The van der Waals surface area contributed by atoms with E-state index in [1.54, 1.807) is 39.0 Å². The number of alkyl carbamates (subject to hydrolysis) is 1. The van der Waals surface area contributed by atoms with E-state index in [0.717, 1.165) is 4.47 Å². The average molecular weight is 417 g/mol. The average Bonchev–Trinajstić information content (AvgIpc) is 2.51. The van der Waals surface area contributed by atoms with Crippen LogP contribution >= 0.6 is 15.9 Å². The third-order valence-electron chi connectivity index (χ3n) is 2.83. The molecule has 2 N–H and O–H groups in total. The van der Waals surface area contributed by atoms with Gasteiger partial charge in [-0.15, -0.1) is 0 Å². The second-order valence-corrected chi connectivity index (χ2v) is 7.13. The first kappa shape index (κ1) is 21.1. The Morgan fingerprint density at radius 3 is 2.44 bits per heavy atom. The molecule has 1 aromatic rings. The number of carbonyl (C=O) groups excluding carboxylic acids is 2. The van der Waals surface area contributed by atoms with Crippen LogP contribution in [0.4, 0.5) is 4.79 Å². The molecular weight excluding hydrogens is 392 g/mol. The number of ether oxygens (including phenoxy) is 3. The number of hydrogen-bond donors (Lipinski definition) is 2. The Morgan fingerprint density at radius 1 is 1.12 bits per heavy atom. The Bertz CT molecular complexity index is 587. The molecule has 8 heteroatoms. The quantitative estimate of drug-likeness (QED) is 0.636. The summed E-state index contributed by atoms with van der Waals surface area (Å²) in [6.07, 6.45) is 0.122. The van der Waals surface area contributed by atoms with Gasteiger partial charge in [-0.1, -0.05) is 15.9 Å². The van der Waals surface area contributed by atoms with E-state index >= 15 is 0 Å². The number of amides is 2. The lowest BCUT2D eigenvalue weighted by Gasteiger charge is -2.19. The number of halogens is 1. The van der Waals surface area contributed by atoms with Crippen molar-refractivity contribution in [2.45, 2.75) is 32.8 Å². The fraction of sp³-hybridized carbons (Fsp3) is 0.529. The molecule has 0 bridgehead atoms. The highest BCUT2D eigenvalue weighted by Gasteiger charge is 2.15. The number of rotatable bonds is 8. The smallest absolute Gasteiger partial charge is 0.407 e. The van der Waals surface area contributed by atoms with Crippen LogP contribution in [0, 0.1) is 0 Å². The first-order valence-electron chi connectivity index (χ1n) is 7.91. The Balaban J connectivity index is 2.20. The molecule has 0 aliphatic rings. The molecule has 0 atom stereocenters. The minimum atomic E-state index is -0.524. The summed E-state index contributed by atoms with van der Waals surface area (Å²) in [7, 11) is 1.53. The molecule has 0 aromatic heterocycles. The maximum absolute atomic E-state index is 11.8. The van der Waals surface area contributed by atoms with E-state index in [2.05, 4.69) is 26.6 Å². The molecule has 140 valence electrons. The van der Waals surface area contributed by atoms with Crippen molar-refractivity contribution in [1.29, 1.82) is 0 Å². The summed E-state index contributed by atoms with van der Waals surface area (Å²) in [4.78, 5) is 23.2. The SMILES string of the molecule is COc1cc(Br)ccc1OCC(=O)NCCCNC(=O)OC(C)(C)C. The van der Waals surface area contributed by atoms with E-state index in [4.69, 9.17) is 14.2 Å². The van der Waals surface area contributed by atoms with E-state index in [-0.39, 0.29) is 12.5 Å². The van der Waals surface area contributed by atoms with Gasteiger partial charge in [-0.25, -0.2) is 4.79 Å². The zero-order chi connectivity index (χ0) is 18.9. The minimum Gasteiger partial charge on any atom is -0.493 e. The lowest BCUT2D eigenvalue weighted by Crippen LogP contribution is -2.35. The van der Waals surface area contributed by atoms with Crippen molar-refractivity contribution < 1.29 is 23.8 Å². The molecule has 0 unspecified atom stereocenters. The van der Waals surface area contributed by atoms with Crippen LogP contribution < -0.4 is 20.1 Å². The van der Waals surface area contributed by atoms with Gasteiger partial charge in [0.05, 0.1) is 7.11 Å². The highest BCUT2D eigenvalue weighted by atomic mass is 79.9. The Kier molecular flexibility index (Phi) is 8.54. The monoisotopic (exact) mass is 416 g/mol. The number of carbonyl (C=O) groups is 2. The van der Waals surface area contributed by atoms with E-state index in [9.17, 15) is 9.59 Å². The van der Waals surface area contributed by atoms with Gasteiger partial charge in [-0.05, 0) is 45.4 Å². The minimum absolute atomic E-state index is 0.114. The summed E-state index contributed by atoms with van der Waals surface area (Å²) in [6, 6.07) is 5.29. The number of methoxy groups -OCH3 is 1. The van der Waals surface area contributed by atoms with Crippen molar-refractivity contribution >= 4 is 27.9 Å². The molecule has 0 spiro atoms. The standard InChI is InChI=1S/C17H25BrN2O5/c1-17(2,3)25-16(22)20-9-5-8-19-15(21)11-24-13-7-6-12(18)10-14(13)23-4/h6-7,10H,5,8-9,11H2,1-4H3,(H,19,21)(H,20,22). The van der Waals surface area contributed by atoms with Crippen LogP contribution in [0.1, 0.15) is 27.2 Å². The van der Waals surface area contributed by atoms with Gasteiger partial charge in [-0.3, -0.25) is 4.79 Å². The Morgan fingerprint density at radius 2 is 1.80 bits per heavy atom. The summed E-state index contributed by atoms with van der Waals surface area (Å²) in [5.41, 5.74) is -0.524. The fourth-order valence-electron chi connectivity index (χ4n) is 1.78. The van der Waals surface area contributed by atoms with Crippen LogP contribution in [0.3, 0.4) is 0 Å². The van der Waals surface area contributed by atoms with Crippen molar-refractivity contribution in [3.63, 3.8) is 0 Å². The van der Waals surface area contributed by atoms with Crippen LogP contribution in [0.25, 0.3) is 0 Å². The predicted octanol–water partition coefficient (Wildman–Crippen LogP) is 2.87. The summed E-state index contributed by atoms with van der Waals surface area (Å²) in [5.74, 6) is 0.790. The van der Waals surface area contributed by atoms with Crippen molar-refractivity contribution in [3.8, 4) is 11.5 Å². The predicted molar refractivity (Wildman–Crippen MR) is 98.1 cm³/mol. The third-order valence-corrected chi connectivity index (χ3v) is 3.32. The van der Waals surface area contributed by atoms with Gasteiger partial charge >= 0.3 is 6.09 Å². The molecule has 0 saturated heterocycles. The molecule has 0 heterocycles. The molecule has 2 amide bonds. The normalized spacial score (nSPS) is 10.8. The second kappa shape index (κ2) is 10.1. The first-order chi connectivity index (χ1) is 11.7. The molecule has 1 aromatic carbocycles. The van der Waals surface area contributed by atoms with Crippen molar-refractivity contribution in [3.05, 3.63) is 22.7 Å². The van der Waals surface area contributed by atoms with Gasteiger partial charge in [0, 0.05) is 17.6 Å². The van der Waals surface area contributed by atoms with Crippen LogP contribution in [0.5, 0.6) is 11.5 Å². The van der Waals surface area contributed by atoms with Crippen LogP contribution in [-0.2, 0) is 9.53 Å². The molecule has 0 saturated carbocycles. The molecule has 0 fully saturated rings. The van der Waals surface area contributed by atoms with Crippen LogP contribution in [0.15, 0.2) is 22.7 Å². The van der Waals surface area contributed by atoms with Crippen molar-refractivity contribution in [2.24, 2.45) is 0 Å². The lowest BCUT2D eigenvalue weighted by molar-refractivity contribution is -0.123. The van der Waals surface area contributed by atoms with Gasteiger partial charge in [0.25, 0.3) is 5.91 Å². The summed E-state index contributed by atoms with van der Waals surface area (Å²) in [5, 5.41) is 5.34. The highest BCUT2D eigenvalue weighted by molar-refractivity contribution is 9.10. The molecule has 7 nitrogen and oxygen atoms in total. The van der Waals surface area contributed by atoms with Gasteiger partial charge in [0.1, 0.15) is 5.60 Å². The molecule has 1 rings (SSSR count). The number of nitrogens with one attached hydrogen (secondary N) is 2. The van der Waals surface area contributed by atoms with Gasteiger partial charge in [0.15, 0.2) is 18.1 Å². The molecular formula is C17H25BrN2O5. The number of hydrogen-bond acceptors (Lipinski definition) is 5. The topological polar surface area (TPSA) is 85.9 Å². The molecule has 0 radical (unpaired) electrons. The first-order valence-corrected chi connectivity index (χ1v) is 8.70. The third kappa shape index (κ3) is 9.19. The van der Waals surface area contributed by atoms with Crippen LogP contribution in [0.2, 0.25) is 0 Å². The van der Waals surface area contributed by atoms with E-state index < -0.39 is 11.7 Å². The molecule has 25 heavy (non-hydrogen) atoms. The number of benzene rings is 1. The summed E-state index contributed by atoms with van der Waals surface area (Å²) in [6.45, 7) is 6.12. The zero-order valence-electron chi connectivity index (χ0n) is 15.0. The largest absolute Gasteiger partial charge is 0.493 e. The lowest BCUT2D eigenvalue weighted by atomic mass is 10.2. The Labute approximate surface area is 156 Å². The van der Waals surface area contributed by atoms with Crippen molar-refractivity contribution in [1.82, 2.24) is 10.6 Å².